The zero-order valence-electron chi connectivity index (χ0n) is 15.6. The molecule has 0 bridgehead atoms. The van der Waals surface area contributed by atoms with Crippen LogP contribution in [0.25, 0.3) is 0 Å². The van der Waals surface area contributed by atoms with Crippen LogP contribution in [0.5, 0.6) is 0 Å². The van der Waals surface area contributed by atoms with Crippen molar-refractivity contribution in [2.45, 2.75) is 0 Å². The van der Waals surface area contributed by atoms with Crippen LogP contribution in [0.4, 0.5) is 11.4 Å². The molecule has 5 nitrogen and oxygen atoms in total. The van der Waals surface area contributed by atoms with Crippen LogP contribution in [0.15, 0.2) is 91.5 Å². The van der Waals surface area contributed by atoms with E-state index in [0.29, 0.717) is 28.9 Å². The molecule has 3 aromatic rings. The van der Waals surface area contributed by atoms with E-state index in [9.17, 15) is 14.4 Å². The Morgan fingerprint density at radius 2 is 1.38 bits per heavy atom. The molecule has 1 aliphatic heterocycles. The summed E-state index contributed by atoms with van der Waals surface area (Å²) in [6.07, 6.45) is 1.66. The molecular formula is C24H18N2O3. The summed E-state index contributed by atoms with van der Waals surface area (Å²) in [5.41, 5.74) is 2.43. The zero-order valence-corrected chi connectivity index (χ0v) is 15.6. The minimum Gasteiger partial charge on any atom is -0.305 e. The number of fused-ring (bicyclic) bond motifs is 1. The number of hydrogen-bond acceptors (Lipinski definition) is 3. The molecule has 0 saturated carbocycles. The van der Waals surface area contributed by atoms with E-state index in [-0.39, 0.29) is 17.7 Å². The number of hydrogen-bond donors (Lipinski definition) is 0. The van der Waals surface area contributed by atoms with Gasteiger partial charge in [0.2, 0.25) is 0 Å². The van der Waals surface area contributed by atoms with Gasteiger partial charge in [-0.1, -0.05) is 36.4 Å². The molecule has 0 spiro atoms. The van der Waals surface area contributed by atoms with Gasteiger partial charge in [-0.3, -0.25) is 14.4 Å². The lowest BCUT2D eigenvalue weighted by molar-refractivity contribution is 0.0925. The monoisotopic (exact) mass is 382 g/mol. The molecule has 0 aliphatic carbocycles. The summed E-state index contributed by atoms with van der Waals surface area (Å²) < 4.78 is 0. The fourth-order valence-electron chi connectivity index (χ4n) is 3.38. The van der Waals surface area contributed by atoms with E-state index in [1.54, 1.807) is 59.5 Å². The Labute approximate surface area is 168 Å². The Morgan fingerprint density at radius 1 is 0.828 bits per heavy atom. The van der Waals surface area contributed by atoms with Crippen LogP contribution in [0.2, 0.25) is 0 Å². The summed E-state index contributed by atoms with van der Waals surface area (Å²) in [6, 6.07) is 22.5. The highest BCUT2D eigenvalue weighted by Crippen LogP contribution is 2.28. The Bertz CT molecular complexity index is 1070. The number of rotatable bonds is 5. The molecule has 1 heterocycles. The average Bonchev–Trinajstić information content (AvgIpc) is 3.03. The minimum absolute atomic E-state index is 0.190. The quantitative estimate of drug-likeness (QED) is 0.488. The Kier molecular flexibility index (Phi) is 4.79. The maximum absolute atomic E-state index is 13.0. The summed E-state index contributed by atoms with van der Waals surface area (Å²) in [5.74, 6) is -0.908. The van der Waals surface area contributed by atoms with E-state index in [0.717, 1.165) is 10.6 Å². The average molecular weight is 382 g/mol. The summed E-state index contributed by atoms with van der Waals surface area (Å²) in [4.78, 5) is 41.0. The summed E-state index contributed by atoms with van der Waals surface area (Å²) in [7, 11) is 0. The molecule has 29 heavy (non-hydrogen) atoms. The molecule has 0 N–H and O–H groups in total. The summed E-state index contributed by atoms with van der Waals surface area (Å²) >= 11 is 0. The van der Waals surface area contributed by atoms with E-state index in [4.69, 9.17) is 0 Å². The van der Waals surface area contributed by atoms with Crippen molar-refractivity contribution >= 4 is 29.1 Å². The van der Waals surface area contributed by atoms with E-state index >= 15 is 0 Å². The van der Waals surface area contributed by atoms with E-state index in [2.05, 4.69) is 6.58 Å². The third-order valence-electron chi connectivity index (χ3n) is 4.79. The fraction of sp³-hybridized carbons (Fsp3) is 0.0417. The van der Waals surface area contributed by atoms with Crippen LogP contribution in [-0.4, -0.2) is 24.3 Å². The molecule has 3 aromatic carbocycles. The number of anilines is 2. The van der Waals surface area contributed by atoms with Crippen molar-refractivity contribution < 1.29 is 14.4 Å². The molecule has 5 heteroatoms. The maximum Gasteiger partial charge on any atom is 0.266 e. The maximum atomic E-state index is 13.0. The standard InChI is InChI=1S/C24H18N2O3/c1-2-16-25(18-8-4-3-5-9-18)22(27)17-12-14-19(15-13-17)26-23(28)20-10-6-7-11-21(20)24(26)29/h2-15H,1,16H2. The third kappa shape index (κ3) is 3.23. The fourth-order valence-corrected chi connectivity index (χ4v) is 3.38. The van der Waals surface area contributed by atoms with Gasteiger partial charge in [0.05, 0.1) is 16.8 Å². The number of para-hydroxylation sites is 1. The van der Waals surface area contributed by atoms with Crippen molar-refractivity contribution in [3.8, 4) is 0 Å². The molecule has 142 valence electrons. The predicted molar refractivity (Wildman–Crippen MR) is 112 cm³/mol. The zero-order chi connectivity index (χ0) is 20.4. The number of imide groups is 1. The third-order valence-corrected chi connectivity index (χ3v) is 4.79. The van der Waals surface area contributed by atoms with E-state index in [1.807, 2.05) is 30.3 Å². The number of nitrogens with zero attached hydrogens (tertiary/aromatic N) is 2. The van der Waals surface area contributed by atoms with E-state index < -0.39 is 0 Å². The summed E-state index contributed by atoms with van der Waals surface area (Å²) in [6.45, 7) is 4.09. The van der Waals surface area contributed by atoms with Crippen LogP contribution < -0.4 is 9.80 Å². The highest BCUT2D eigenvalue weighted by molar-refractivity contribution is 6.34. The highest BCUT2D eigenvalue weighted by atomic mass is 16.2. The molecule has 1 aliphatic rings. The van der Waals surface area contributed by atoms with Crippen LogP contribution in [0.1, 0.15) is 31.1 Å². The topological polar surface area (TPSA) is 57.7 Å². The van der Waals surface area contributed by atoms with Gasteiger partial charge in [-0.15, -0.1) is 6.58 Å². The van der Waals surface area contributed by atoms with Crippen LogP contribution in [0, 0.1) is 0 Å². The van der Waals surface area contributed by atoms with Crippen LogP contribution in [0.3, 0.4) is 0 Å². The molecule has 0 unspecified atom stereocenters. The Morgan fingerprint density at radius 3 is 1.93 bits per heavy atom. The van der Waals surface area contributed by atoms with Crippen molar-refractivity contribution in [1.82, 2.24) is 0 Å². The second kappa shape index (κ2) is 7.56. The van der Waals surface area contributed by atoms with E-state index in [1.165, 1.54) is 0 Å². The van der Waals surface area contributed by atoms with Crippen molar-refractivity contribution in [2.24, 2.45) is 0 Å². The molecule has 3 amide bonds. The van der Waals surface area contributed by atoms with Gasteiger partial charge < -0.3 is 4.90 Å². The number of benzene rings is 3. The van der Waals surface area contributed by atoms with Gasteiger partial charge in [0.15, 0.2) is 0 Å². The molecule has 0 atom stereocenters. The first-order chi connectivity index (χ1) is 14.1. The lowest BCUT2D eigenvalue weighted by Gasteiger charge is -2.22. The molecule has 0 radical (unpaired) electrons. The Balaban J connectivity index is 1.61. The van der Waals surface area contributed by atoms with Gasteiger partial charge in [0, 0.05) is 17.8 Å². The van der Waals surface area contributed by atoms with Gasteiger partial charge in [-0.2, -0.15) is 0 Å². The van der Waals surface area contributed by atoms with Crippen molar-refractivity contribution in [1.29, 1.82) is 0 Å². The molecule has 0 saturated heterocycles. The summed E-state index contributed by atoms with van der Waals surface area (Å²) in [5, 5.41) is 0. The first kappa shape index (κ1) is 18.4. The second-order valence-corrected chi connectivity index (χ2v) is 6.58. The van der Waals surface area contributed by atoms with Crippen molar-refractivity contribution in [3.05, 3.63) is 108 Å². The van der Waals surface area contributed by atoms with Crippen LogP contribution in [-0.2, 0) is 0 Å². The minimum atomic E-state index is -0.359. The molecule has 0 aromatic heterocycles. The van der Waals surface area contributed by atoms with Gasteiger partial charge in [-0.25, -0.2) is 4.90 Å². The molecular weight excluding hydrogens is 364 g/mol. The number of carbonyl (C=O) groups is 3. The predicted octanol–water partition coefficient (Wildman–Crippen LogP) is 4.32. The SMILES string of the molecule is C=CCN(C(=O)c1ccc(N2C(=O)c3ccccc3C2=O)cc1)c1ccccc1. The largest absolute Gasteiger partial charge is 0.305 e. The van der Waals surface area contributed by atoms with Crippen molar-refractivity contribution in [2.75, 3.05) is 16.3 Å². The molecule has 4 rings (SSSR count). The second-order valence-electron chi connectivity index (χ2n) is 6.58. The Hall–Kier alpha value is -3.99. The first-order valence-corrected chi connectivity index (χ1v) is 9.17. The molecule has 0 fully saturated rings. The normalized spacial score (nSPS) is 12.6. The van der Waals surface area contributed by atoms with Gasteiger partial charge >= 0.3 is 0 Å². The van der Waals surface area contributed by atoms with Gasteiger partial charge in [0.1, 0.15) is 0 Å². The highest BCUT2D eigenvalue weighted by Gasteiger charge is 2.36. The van der Waals surface area contributed by atoms with Gasteiger partial charge in [0.25, 0.3) is 17.7 Å². The lowest BCUT2D eigenvalue weighted by atomic mass is 10.1. The van der Waals surface area contributed by atoms with Crippen molar-refractivity contribution in [3.63, 3.8) is 0 Å². The first-order valence-electron chi connectivity index (χ1n) is 9.17. The van der Waals surface area contributed by atoms with Crippen LogP contribution >= 0.6 is 0 Å². The number of carbonyl (C=O) groups excluding carboxylic acids is 3. The van der Waals surface area contributed by atoms with Gasteiger partial charge in [-0.05, 0) is 48.5 Å². The smallest absolute Gasteiger partial charge is 0.266 e. The lowest BCUT2D eigenvalue weighted by Crippen LogP contribution is -2.31. The number of amides is 3.